The van der Waals surface area contributed by atoms with Crippen molar-refractivity contribution in [1.82, 2.24) is 10.3 Å². The summed E-state index contributed by atoms with van der Waals surface area (Å²) in [6.45, 7) is 1.72. The fourth-order valence-corrected chi connectivity index (χ4v) is 3.03. The standard InChI is InChI=1S/C22H18ClF3N4O3/c1-12-9-14(33-15-7-8-28-19(11-15)20(31)27-2)4-6-18(12)30-21(32)29-13-3-5-17(23)16(10-13)22(24,25)26/h3-11H,1-2H3,(H,27,31)(H2,29,30,32). The maximum atomic E-state index is 13.0. The number of nitrogens with one attached hydrogen (secondary N) is 3. The topological polar surface area (TPSA) is 92.4 Å². The molecule has 0 saturated carbocycles. The molecule has 33 heavy (non-hydrogen) atoms. The summed E-state index contributed by atoms with van der Waals surface area (Å²) in [5.74, 6) is 0.481. The highest BCUT2D eigenvalue weighted by molar-refractivity contribution is 6.31. The molecule has 0 aliphatic carbocycles. The van der Waals surface area contributed by atoms with Crippen LogP contribution in [0.1, 0.15) is 21.6 Å². The molecule has 0 unspecified atom stereocenters. The van der Waals surface area contributed by atoms with E-state index in [4.69, 9.17) is 16.3 Å². The molecule has 3 aromatic rings. The Labute approximate surface area is 191 Å². The van der Waals surface area contributed by atoms with Gasteiger partial charge in [-0.05, 0) is 55.0 Å². The number of benzene rings is 2. The molecule has 172 valence electrons. The van der Waals surface area contributed by atoms with Gasteiger partial charge >= 0.3 is 12.2 Å². The second-order valence-corrected chi connectivity index (χ2v) is 7.21. The summed E-state index contributed by atoms with van der Waals surface area (Å²) in [5, 5.41) is 6.93. The SMILES string of the molecule is CNC(=O)c1cc(Oc2ccc(NC(=O)Nc3ccc(Cl)c(C(F)(F)F)c3)c(C)c2)ccn1. The van der Waals surface area contributed by atoms with Crippen molar-refractivity contribution in [3.05, 3.63) is 76.6 Å². The Bertz CT molecular complexity index is 1200. The van der Waals surface area contributed by atoms with Gasteiger partial charge in [-0.25, -0.2) is 4.79 Å². The van der Waals surface area contributed by atoms with Crippen LogP contribution in [0.25, 0.3) is 0 Å². The highest BCUT2D eigenvalue weighted by atomic mass is 35.5. The van der Waals surface area contributed by atoms with Crippen LogP contribution in [-0.4, -0.2) is 24.0 Å². The molecule has 0 aliphatic rings. The monoisotopic (exact) mass is 478 g/mol. The number of anilines is 2. The summed E-state index contributed by atoms with van der Waals surface area (Å²) >= 11 is 5.59. The normalized spacial score (nSPS) is 11.0. The summed E-state index contributed by atoms with van der Waals surface area (Å²) in [5.41, 5.74) is 0.139. The Hall–Kier alpha value is -3.79. The molecule has 0 saturated heterocycles. The van der Waals surface area contributed by atoms with Crippen molar-refractivity contribution in [3.63, 3.8) is 0 Å². The largest absolute Gasteiger partial charge is 0.457 e. The number of hydrogen-bond donors (Lipinski definition) is 3. The van der Waals surface area contributed by atoms with Crippen LogP contribution in [0.3, 0.4) is 0 Å². The number of hydrogen-bond acceptors (Lipinski definition) is 4. The van der Waals surface area contributed by atoms with E-state index < -0.39 is 22.8 Å². The summed E-state index contributed by atoms with van der Waals surface area (Å²) in [7, 11) is 1.49. The van der Waals surface area contributed by atoms with Gasteiger partial charge in [0.2, 0.25) is 0 Å². The fourth-order valence-electron chi connectivity index (χ4n) is 2.81. The van der Waals surface area contributed by atoms with Gasteiger partial charge in [-0.1, -0.05) is 11.6 Å². The molecule has 0 atom stereocenters. The van der Waals surface area contributed by atoms with Gasteiger partial charge in [-0.15, -0.1) is 0 Å². The van der Waals surface area contributed by atoms with Crippen LogP contribution in [0.15, 0.2) is 54.7 Å². The minimum absolute atomic E-state index is 0.0635. The van der Waals surface area contributed by atoms with Crippen molar-refractivity contribution in [2.75, 3.05) is 17.7 Å². The van der Waals surface area contributed by atoms with E-state index in [-0.39, 0.29) is 17.3 Å². The third-order valence-electron chi connectivity index (χ3n) is 4.40. The highest BCUT2D eigenvalue weighted by Crippen LogP contribution is 2.36. The number of urea groups is 1. The first-order chi connectivity index (χ1) is 15.6. The maximum Gasteiger partial charge on any atom is 0.417 e. The number of rotatable bonds is 5. The zero-order valence-electron chi connectivity index (χ0n) is 17.4. The summed E-state index contributed by atoms with van der Waals surface area (Å²) < 4.78 is 44.7. The lowest BCUT2D eigenvalue weighted by atomic mass is 10.2. The Morgan fingerprint density at radius 1 is 1.00 bits per heavy atom. The molecule has 3 N–H and O–H groups in total. The van der Waals surface area contributed by atoms with Gasteiger partial charge in [0.05, 0.1) is 10.6 Å². The van der Waals surface area contributed by atoms with Crippen LogP contribution in [-0.2, 0) is 6.18 Å². The lowest BCUT2D eigenvalue weighted by Gasteiger charge is -2.14. The smallest absolute Gasteiger partial charge is 0.417 e. The van der Waals surface area contributed by atoms with Crippen LogP contribution in [0, 0.1) is 6.92 Å². The number of ether oxygens (including phenoxy) is 1. The van der Waals surface area contributed by atoms with E-state index in [0.29, 0.717) is 22.7 Å². The molecule has 1 aromatic heterocycles. The van der Waals surface area contributed by atoms with Crippen LogP contribution in [0.4, 0.5) is 29.3 Å². The van der Waals surface area contributed by atoms with Crippen molar-refractivity contribution < 1.29 is 27.5 Å². The molecule has 2 aromatic carbocycles. The molecular formula is C22H18ClF3N4O3. The first-order valence-corrected chi connectivity index (χ1v) is 9.86. The fraction of sp³-hybridized carbons (Fsp3) is 0.136. The molecule has 7 nitrogen and oxygen atoms in total. The number of alkyl halides is 3. The number of aromatic nitrogens is 1. The summed E-state index contributed by atoms with van der Waals surface area (Å²) in [4.78, 5) is 27.9. The third-order valence-corrected chi connectivity index (χ3v) is 4.73. The van der Waals surface area contributed by atoms with E-state index in [2.05, 4.69) is 20.9 Å². The molecular weight excluding hydrogens is 461 g/mol. The van der Waals surface area contributed by atoms with Gasteiger partial charge in [0.25, 0.3) is 5.91 Å². The summed E-state index contributed by atoms with van der Waals surface area (Å²) in [6.07, 6.45) is -3.21. The van der Waals surface area contributed by atoms with E-state index in [1.54, 1.807) is 31.2 Å². The van der Waals surface area contributed by atoms with Crippen molar-refractivity contribution in [1.29, 1.82) is 0 Å². The molecule has 0 aliphatic heterocycles. The van der Waals surface area contributed by atoms with E-state index in [1.165, 1.54) is 25.4 Å². The van der Waals surface area contributed by atoms with Crippen LogP contribution in [0.5, 0.6) is 11.5 Å². The Morgan fingerprint density at radius 2 is 1.73 bits per heavy atom. The molecule has 11 heteroatoms. The predicted molar refractivity (Wildman–Crippen MR) is 118 cm³/mol. The van der Waals surface area contributed by atoms with Gasteiger partial charge in [0.1, 0.15) is 17.2 Å². The zero-order chi connectivity index (χ0) is 24.2. The Kier molecular flexibility index (Phi) is 7.07. The van der Waals surface area contributed by atoms with Gasteiger partial charge < -0.3 is 20.7 Å². The third kappa shape index (κ3) is 6.13. The maximum absolute atomic E-state index is 13.0. The number of carbonyl (C=O) groups excluding carboxylic acids is 2. The summed E-state index contributed by atoms with van der Waals surface area (Å²) in [6, 6.07) is 10.2. The van der Waals surface area contributed by atoms with Gasteiger partial charge in [0.15, 0.2) is 0 Å². The first kappa shape index (κ1) is 23.9. The number of aryl methyl sites for hydroxylation is 1. The number of carbonyl (C=O) groups is 2. The Balaban J connectivity index is 1.68. The Morgan fingerprint density at radius 3 is 2.39 bits per heavy atom. The molecule has 0 bridgehead atoms. The lowest BCUT2D eigenvalue weighted by molar-refractivity contribution is -0.137. The van der Waals surface area contributed by atoms with Crippen molar-refractivity contribution in [2.24, 2.45) is 0 Å². The van der Waals surface area contributed by atoms with Gasteiger partial charge in [-0.2, -0.15) is 13.2 Å². The second-order valence-electron chi connectivity index (χ2n) is 6.81. The molecule has 3 amide bonds. The molecule has 0 fully saturated rings. The minimum Gasteiger partial charge on any atom is -0.457 e. The van der Waals surface area contributed by atoms with Crippen LogP contribution in [0.2, 0.25) is 5.02 Å². The van der Waals surface area contributed by atoms with Crippen LogP contribution < -0.4 is 20.7 Å². The van der Waals surface area contributed by atoms with Gasteiger partial charge in [-0.3, -0.25) is 9.78 Å². The molecule has 3 rings (SSSR count). The number of halogens is 4. The average Bonchev–Trinajstić information content (AvgIpc) is 2.76. The minimum atomic E-state index is -4.65. The number of amides is 3. The number of pyridine rings is 1. The van der Waals surface area contributed by atoms with Crippen molar-refractivity contribution in [2.45, 2.75) is 13.1 Å². The molecule has 0 radical (unpaired) electrons. The van der Waals surface area contributed by atoms with E-state index in [9.17, 15) is 22.8 Å². The quantitative estimate of drug-likeness (QED) is 0.428. The van der Waals surface area contributed by atoms with Crippen molar-refractivity contribution in [3.8, 4) is 11.5 Å². The van der Waals surface area contributed by atoms with Crippen LogP contribution >= 0.6 is 11.6 Å². The van der Waals surface area contributed by atoms with E-state index >= 15 is 0 Å². The average molecular weight is 479 g/mol. The predicted octanol–water partition coefficient (Wildman–Crippen LogP) is 5.86. The van der Waals surface area contributed by atoms with Crippen molar-refractivity contribution >= 4 is 34.9 Å². The highest BCUT2D eigenvalue weighted by Gasteiger charge is 2.33. The molecule has 0 spiro atoms. The zero-order valence-corrected chi connectivity index (χ0v) is 18.1. The van der Waals surface area contributed by atoms with E-state index in [0.717, 1.165) is 12.1 Å². The van der Waals surface area contributed by atoms with Gasteiger partial charge in [0, 0.05) is 30.7 Å². The second kappa shape index (κ2) is 9.78. The first-order valence-electron chi connectivity index (χ1n) is 9.48. The van der Waals surface area contributed by atoms with E-state index in [1.807, 2.05) is 0 Å². The number of nitrogens with zero attached hydrogens (tertiary/aromatic N) is 1. The molecule has 1 heterocycles. The lowest BCUT2D eigenvalue weighted by Crippen LogP contribution is -2.20.